The third-order valence-corrected chi connectivity index (χ3v) is 12.0. The number of carbonyl (C=O) groups excluding carboxylic acids is 2. The van der Waals surface area contributed by atoms with E-state index in [1.807, 2.05) is 0 Å². The summed E-state index contributed by atoms with van der Waals surface area (Å²) in [6.07, 6.45) is 0. The van der Waals surface area contributed by atoms with E-state index >= 15 is 0 Å². The molecule has 6 N–H and O–H groups in total. The Morgan fingerprint density at radius 1 is 0.538 bits per heavy atom. The number of nitrogens with zero attached hydrogens (tertiary/aromatic N) is 4. The minimum atomic E-state index is -4.89. The number of hydrogen-bond donors (Lipinski definition) is 6. The Hall–Kier alpha value is -2.73. The standard InChI is InChI=1S/2C18H12Cl3N3O6S.Cr.2Na/c2*1-7(25)22-11-4-5-13(31(28,29)30)8-2-3-12(18(27)14(8)11)23-24-16-15(21)9(19)6-10(20)17(16)26;;;/h2*2-6,26-27H,1H3,(H,22,25)(H,28,29,30);;;/q;;;2*+1/p-1. The van der Waals surface area contributed by atoms with Gasteiger partial charge in [0.25, 0.3) is 0 Å². The van der Waals surface area contributed by atoms with Gasteiger partial charge in [-0.2, -0.15) is 0 Å². The Labute approximate surface area is 454 Å². The zero-order valence-electron chi connectivity index (χ0n) is 34.1. The Bertz CT molecular complexity index is 2940. The second-order valence-corrected chi connectivity index (χ2v) is 17.4. The summed E-state index contributed by atoms with van der Waals surface area (Å²) in [6, 6.07) is 11.6. The molecular weight excluding hydrogens is 1080 g/mol. The van der Waals surface area contributed by atoms with Crippen molar-refractivity contribution in [1.82, 2.24) is 0 Å². The fourth-order valence-corrected chi connectivity index (χ4v) is 8.12. The van der Waals surface area contributed by atoms with Crippen molar-refractivity contribution < 1.29 is 134 Å². The maximum atomic E-state index is 11.6. The number of carbonyl (C=O) groups is 2. The molecule has 0 atom stereocenters. The molecule has 29 heteroatoms. The van der Waals surface area contributed by atoms with Crippen molar-refractivity contribution in [3.63, 3.8) is 0 Å². The van der Waals surface area contributed by atoms with Gasteiger partial charge in [-0.3, -0.25) is 9.59 Å². The van der Waals surface area contributed by atoms with Crippen molar-refractivity contribution in [2.24, 2.45) is 20.5 Å². The molecule has 6 aromatic rings. The number of hydrogen-bond acceptors (Lipinski definition) is 16. The molecule has 0 heterocycles. The molecule has 0 aliphatic carbocycles. The number of aromatic hydroxyl groups is 4. The number of halogens is 6. The molecule has 0 radical (unpaired) electrons. The number of phenolic OH excluding ortho intramolecular Hbond substituents is 4. The first-order valence-corrected chi connectivity index (χ1v) is 21.5. The van der Waals surface area contributed by atoms with Gasteiger partial charge in [0.15, 0.2) is 23.0 Å². The Morgan fingerprint density at radius 3 is 1.15 bits per heavy atom. The van der Waals surface area contributed by atoms with Crippen LogP contribution in [0.2, 0.25) is 30.1 Å². The average molecular weight is 1110 g/mol. The predicted octanol–water partition coefficient (Wildman–Crippen LogP) is 5.10. The molecule has 0 saturated carbocycles. The summed E-state index contributed by atoms with van der Waals surface area (Å²) in [5.41, 5.74) is -0.835. The molecule has 0 aromatic heterocycles. The monoisotopic (exact) mass is 1100 g/mol. The molecule has 6 aromatic carbocycles. The number of phenols is 4. The van der Waals surface area contributed by atoms with Gasteiger partial charge in [0.1, 0.15) is 43.0 Å². The Balaban J connectivity index is 0.000000622. The SMILES string of the molecule is CC(=O)Nc1ccc(S(=O)(=O)[O-])c2ccc(N=Nc3c(O)c(Cl)cc(Cl)c3Cl)c(O)c12.CC(=O)Nc1ccc(S(=O)(=O)[O-])c2ccc(N=Nc3c(O)c(Cl)cc(Cl)c3Cl)c(O)c12.[Cr].[H+].[Na+].[Na+]. The summed E-state index contributed by atoms with van der Waals surface area (Å²) in [7, 11) is -9.78. The zero-order chi connectivity index (χ0) is 46.2. The van der Waals surface area contributed by atoms with Crippen LogP contribution in [0.3, 0.4) is 0 Å². The summed E-state index contributed by atoms with van der Waals surface area (Å²) in [5, 5.41) is 60.4. The van der Waals surface area contributed by atoms with Gasteiger partial charge in [-0.15, -0.1) is 20.5 Å². The fraction of sp³-hybridized carbons (Fsp3) is 0.0556. The number of amides is 2. The number of benzene rings is 6. The van der Waals surface area contributed by atoms with Crippen molar-refractivity contribution >= 4 is 157 Å². The molecule has 6 rings (SSSR count). The molecular formula is C36H23Cl6CrN6Na2O12S2+. The maximum Gasteiger partial charge on any atom is 1.00 e. The molecule has 0 aliphatic rings. The number of fused-ring (bicyclic) bond motifs is 2. The van der Waals surface area contributed by atoms with Gasteiger partial charge in [0.05, 0.1) is 62.1 Å². The zero-order valence-corrected chi connectivity index (χ0v) is 44.6. The van der Waals surface area contributed by atoms with Crippen molar-refractivity contribution in [2.75, 3.05) is 10.6 Å². The van der Waals surface area contributed by atoms with Gasteiger partial charge in [-0.1, -0.05) is 81.7 Å². The van der Waals surface area contributed by atoms with E-state index in [1.54, 1.807) is 0 Å². The Morgan fingerprint density at radius 2 is 0.862 bits per heavy atom. The molecule has 65 heavy (non-hydrogen) atoms. The predicted molar refractivity (Wildman–Crippen MR) is 231 cm³/mol. The second-order valence-electron chi connectivity index (χ2n) is 12.3. The quantitative estimate of drug-likeness (QED) is 0.0503. The van der Waals surface area contributed by atoms with Crippen LogP contribution in [-0.2, 0) is 47.2 Å². The summed E-state index contributed by atoms with van der Waals surface area (Å²) in [5.74, 6) is -3.18. The first-order valence-electron chi connectivity index (χ1n) is 16.4. The van der Waals surface area contributed by atoms with E-state index in [0.29, 0.717) is 0 Å². The van der Waals surface area contributed by atoms with E-state index < -0.39 is 64.8 Å². The summed E-state index contributed by atoms with van der Waals surface area (Å²) in [6.45, 7) is 2.41. The van der Waals surface area contributed by atoms with Crippen molar-refractivity contribution in [2.45, 2.75) is 23.6 Å². The summed E-state index contributed by atoms with van der Waals surface area (Å²) < 4.78 is 69.6. The minimum Gasteiger partial charge on any atom is -0.744 e. The van der Waals surface area contributed by atoms with E-state index in [9.17, 15) is 56.0 Å². The molecule has 18 nitrogen and oxygen atoms in total. The third-order valence-electron chi connectivity index (χ3n) is 8.10. The number of nitrogens with one attached hydrogen (secondary N) is 2. The average Bonchev–Trinajstić information content (AvgIpc) is 3.16. The van der Waals surface area contributed by atoms with Gasteiger partial charge in [0, 0.05) is 42.0 Å². The number of azo groups is 2. The number of rotatable bonds is 8. The molecule has 330 valence electrons. The van der Waals surface area contributed by atoms with Crippen LogP contribution in [-0.4, -0.2) is 58.2 Å². The maximum absolute atomic E-state index is 11.6. The first kappa shape index (κ1) is 58.4. The van der Waals surface area contributed by atoms with Crippen molar-refractivity contribution in [1.29, 1.82) is 0 Å². The van der Waals surface area contributed by atoms with E-state index in [2.05, 4.69) is 31.1 Å². The topological polar surface area (TPSA) is 303 Å². The first-order chi connectivity index (χ1) is 28.8. The van der Waals surface area contributed by atoms with Crippen LogP contribution in [0.5, 0.6) is 23.0 Å². The molecule has 0 unspecified atom stereocenters. The second kappa shape index (κ2) is 23.5. The molecule has 0 spiro atoms. The minimum absolute atomic E-state index is 0. The molecule has 0 fully saturated rings. The van der Waals surface area contributed by atoms with Gasteiger partial charge in [-0.05, 0) is 48.5 Å². The van der Waals surface area contributed by atoms with Crippen LogP contribution in [0.1, 0.15) is 15.3 Å². The Kier molecular flexibility index (Phi) is 21.1. The van der Waals surface area contributed by atoms with Gasteiger partial charge >= 0.3 is 60.5 Å². The third kappa shape index (κ3) is 13.3. The van der Waals surface area contributed by atoms with Gasteiger partial charge in [-0.25, -0.2) is 16.8 Å². The van der Waals surface area contributed by atoms with Gasteiger partial charge < -0.3 is 40.2 Å². The summed E-state index contributed by atoms with van der Waals surface area (Å²) in [4.78, 5) is 21.8. The number of anilines is 2. The van der Waals surface area contributed by atoms with Crippen molar-refractivity contribution in [3.05, 3.63) is 90.8 Å². The summed E-state index contributed by atoms with van der Waals surface area (Å²) >= 11 is 35.5. The van der Waals surface area contributed by atoms with Crippen molar-refractivity contribution in [3.8, 4) is 23.0 Å². The normalized spacial score (nSPS) is 11.4. The van der Waals surface area contributed by atoms with Crippen LogP contribution >= 0.6 is 69.6 Å². The van der Waals surface area contributed by atoms with Crippen LogP contribution in [0.4, 0.5) is 34.1 Å². The van der Waals surface area contributed by atoms with Gasteiger partial charge in [0.2, 0.25) is 11.8 Å². The molecule has 2 amide bonds. The van der Waals surface area contributed by atoms with Crippen LogP contribution in [0, 0.1) is 0 Å². The molecule has 0 bridgehead atoms. The van der Waals surface area contributed by atoms with E-state index in [0.717, 1.165) is 24.3 Å². The van der Waals surface area contributed by atoms with E-state index in [4.69, 9.17) is 69.6 Å². The van der Waals surface area contributed by atoms with Crippen LogP contribution in [0.15, 0.2) is 90.9 Å². The fourth-order valence-electron chi connectivity index (χ4n) is 5.50. The smallest absolute Gasteiger partial charge is 0.744 e. The van der Waals surface area contributed by atoms with E-state index in [1.165, 1.54) is 50.2 Å². The largest absolute Gasteiger partial charge is 1.00 e. The molecule has 0 aliphatic heterocycles. The van der Waals surface area contributed by atoms with Crippen LogP contribution in [0.25, 0.3) is 21.5 Å². The molecule has 0 saturated heterocycles. The van der Waals surface area contributed by atoms with E-state index in [-0.39, 0.29) is 164 Å². The van der Waals surface area contributed by atoms with Crippen LogP contribution < -0.4 is 69.7 Å².